The van der Waals surface area contributed by atoms with Gasteiger partial charge in [-0.05, 0) is 149 Å². The summed E-state index contributed by atoms with van der Waals surface area (Å²) in [5, 5.41) is 188. The van der Waals surface area contributed by atoms with Gasteiger partial charge in [-0.3, -0.25) is 0 Å². The molecule has 18 aromatic carbocycles. The highest BCUT2D eigenvalue weighted by molar-refractivity contribution is 6.33. The molecule has 2 heterocycles. The largest absolute Gasteiger partial charge is 0.504 e. The van der Waals surface area contributed by atoms with Crippen molar-refractivity contribution in [3.8, 4) is 170 Å². The van der Waals surface area contributed by atoms with Crippen LogP contribution in [-0.2, 0) is 0 Å². The van der Waals surface area contributed by atoms with Crippen molar-refractivity contribution in [3.63, 3.8) is 0 Å². The van der Waals surface area contributed by atoms with E-state index in [9.17, 15) is 81.7 Å². The lowest BCUT2D eigenvalue weighted by Crippen LogP contribution is -1.96. The summed E-state index contributed by atoms with van der Waals surface area (Å²) in [7, 11) is 0. The fraction of sp³-hybridized carbons (Fsp3) is 0. The summed E-state index contributed by atoms with van der Waals surface area (Å²) >= 11 is 0. The molecule has 0 unspecified atom stereocenters. The Labute approximate surface area is 631 Å². The quantitative estimate of drug-likeness (QED) is 0.0400. The summed E-state index contributed by atoms with van der Waals surface area (Å²) < 4.78 is 12.5. The Kier molecular flexibility index (Phi) is 14.9. The molecule has 18 nitrogen and oxygen atoms in total. The van der Waals surface area contributed by atoms with Crippen LogP contribution in [0.15, 0.2) is 264 Å². The maximum atomic E-state index is 11.9. The second kappa shape index (κ2) is 24.9. The van der Waals surface area contributed by atoms with E-state index >= 15 is 0 Å². The molecule has 0 bridgehead atoms. The minimum Gasteiger partial charge on any atom is -0.504 e. The zero-order valence-corrected chi connectivity index (χ0v) is 58.2. The van der Waals surface area contributed by atoms with Gasteiger partial charge < -0.3 is 90.5 Å². The van der Waals surface area contributed by atoms with Crippen LogP contribution >= 0.6 is 0 Å². The van der Waals surface area contributed by atoms with E-state index in [0.717, 1.165) is 87.6 Å². The monoisotopic (exact) mass is 1470 g/mol. The number of hydrogen-bond donors (Lipinski definition) is 16. The first-order chi connectivity index (χ1) is 54.2. The van der Waals surface area contributed by atoms with Gasteiger partial charge in [-0.1, -0.05) is 194 Å². The maximum absolute atomic E-state index is 11.9. The molecule has 2 aromatic heterocycles. The lowest BCUT2D eigenvalue weighted by Gasteiger charge is -2.23. The number of furan rings is 2. The van der Waals surface area contributed by atoms with Crippen molar-refractivity contribution in [3.05, 3.63) is 255 Å². The number of phenols is 16. The van der Waals surface area contributed by atoms with Gasteiger partial charge >= 0.3 is 0 Å². The van der Waals surface area contributed by atoms with Crippen LogP contribution in [0.5, 0.6) is 92.0 Å². The molecule has 0 aliphatic rings. The maximum Gasteiger partial charge on any atom is 0.204 e. The number of rotatable bonds is 7. The molecule has 0 saturated heterocycles. The van der Waals surface area contributed by atoms with Crippen molar-refractivity contribution in [2.24, 2.45) is 0 Å². The molecule has 0 fully saturated rings. The first kappa shape index (κ1) is 66.8. The molecule has 0 amide bonds. The molecule has 18 heteroatoms. The molecule has 0 spiro atoms. The van der Waals surface area contributed by atoms with E-state index in [1.165, 1.54) is 0 Å². The van der Waals surface area contributed by atoms with Crippen LogP contribution in [0.3, 0.4) is 0 Å². The predicted octanol–water partition coefficient (Wildman–Crippen LogP) is 22.2. The summed E-state index contributed by atoms with van der Waals surface area (Å²) in [6.07, 6.45) is 0. The van der Waals surface area contributed by atoms with Crippen LogP contribution in [-0.4, -0.2) is 81.7 Å². The predicted molar refractivity (Wildman–Crippen MR) is 435 cm³/mol. The molecule has 0 saturated carbocycles. The molecule has 0 atom stereocenters. The van der Waals surface area contributed by atoms with E-state index in [1.54, 1.807) is 72.8 Å². The fourth-order valence-electron chi connectivity index (χ4n) is 16.3. The summed E-state index contributed by atoms with van der Waals surface area (Å²) in [5.74, 6) is -14.9. The van der Waals surface area contributed by atoms with Gasteiger partial charge in [-0.15, -0.1) is 0 Å². The second-order valence-electron chi connectivity index (χ2n) is 27.7. The van der Waals surface area contributed by atoms with Crippen LogP contribution in [0, 0.1) is 0 Å². The molecule has 542 valence electrons. The van der Waals surface area contributed by atoms with E-state index in [1.807, 2.05) is 152 Å². The topological polar surface area (TPSA) is 350 Å². The second-order valence-corrected chi connectivity index (χ2v) is 27.7. The van der Waals surface area contributed by atoms with E-state index in [-0.39, 0.29) is 65.3 Å². The Morgan fingerprint density at radius 2 is 0.473 bits per heavy atom. The normalized spacial score (nSPS) is 11.8. The van der Waals surface area contributed by atoms with Crippen molar-refractivity contribution >= 4 is 119 Å². The highest BCUT2D eigenvalue weighted by atomic mass is 16.4. The van der Waals surface area contributed by atoms with Crippen LogP contribution < -0.4 is 0 Å². The third kappa shape index (κ3) is 9.85. The fourth-order valence-corrected chi connectivity index (χ4v) is 16.3. The van der Waals surface area contributed by atoms with E-state index in [4.69, 9.17) is 8.83 Å². The molecule has 0 radical (unpaired) electrons. The molecule has 112 heavy (non-hydrogen) atoms. The van der Waals surface area contributed by atoms with Crippen molar-refractivity contribution in [2.45, 2.75) is 0 Å². The summed E-state index contributed by atoms with van der Waals surface area (Å²) in [5.41, 5.74) is 8.89. The van der Waals surface area contributed by atoms with Gasteiger partial charge in [0.05, 0.1) is 0 Å². The highest BCUT2D eigenvalue weighted by Crippen LogP contribution is 2.65. The van der Waals surface area contributed by atoms with E-state index in [2.05, 4.69) is 30.3 Å². The van der Waals surface area contributed by atoms with Crippen LogP contribution in [0.25, 0.3) is 197 Å². The number of aromatic hydroxyl groups is 16. The molecule has 16 N–H and O–H groups in total. The van der Waals surface area contributed by atoms with Gasteiger partial charge in [0.1, 0.15) is 22.3 Å². The number of phenolic OH excluding ortho intramolecular Hbond substituents is 16. The van der Waals surface area contributed by atoms with E-state index in [0.29, 0.717) is 44.2 Å². The van der Waals surface area contributed by atoms with Crippen LogP contribution in [0.2, 0.25) is 0 Å². The minimum atomic E-state index is -1.04. The van der Waals surface area contributed by atoms with Gasteiger partial charge in [0.2, 0.25) is 46.0 Å². The average molecular weight is 1480 g/mol. The van der Waals surface area contributed by atoms with Crippen LogP contribution in [0.4, 0.5) is 0 Å². The third-order valence-electron chi connectivity index (χ3n) is 21.6. The Morgan fingerprint density at radius 3 is 0.946 bits per heavy atom. The Morgan fingerprint density at radius 1 is 0.152 bits per heavy atom. The van der Waals surface area contributed by atoms with Crippen molar-refractivity contribution < 1.29 is 90.5 Å². The van der Waals surface area contributed by atoms with Gasteiger partial charge in [0.15, 0.2) is 46.0 Å². The zero-order chi connectivity index (χ0) is 77.1. The van der Waals surface area contributed by atoms with Crippen molar-refractivity contribution in [1.82, 2.24) is 0 Å². The molecule has 20 aromatic rings. The number of fused-ring (bicyclic) bond motifs is 13. The number of hydrogen-bond acceptors (Lipinski definition) is 18. The minimum absolute atomic E-state index is 0.00142. The standard InChI is InChI=1S/C48H30O9.C46H28O9/c49-41-37-34(27-18-19-28(23-10-3-1-4-11-23)30(21-27)24-12-5-2-6-13-24)38-40(44(52)48(56)46(54)42(38)50)36(39(37)43(51)47(55)45(41)53)29-16-9-17-32-35(29)31-20-25-14-7-8-15-26(25)22-33(31)57-32;47-39-35-33(21-6-2-1-3-7-21)36-38(42(50)46(54)44(52)40(36)48)34(37(35)41(49)45(53)43(39)51)28-13-12-24-16-25(10-11-26(24)17-28)27-14-15-31-29(19-27)30-18-22-8-4-5-9-23(22)20-32(30)55-31/h1-22,49-56H;1-20,47-54H. The Hall–Kier alpha value is -15.8. The number of benzene rings is 18. The van der Waals surface area contributed by atoms with Crippen molar-refractivity contribution in [1.29, 1.82) is 0 Å². The molecule has 0 aliphatic heterocycles. The average Bonchev–Trinajstić information content (AvgIpc) is 0.795. The Balaban J connectivity index is 0.000000151. The Bertz CT molecular complexity index is 7330. The van der Waals surface area contributed by atoms with Gasteiger partial charge in [-0.25, -0.2) is 0 Å². The SMILES string of the molecule is Oc1c(O)c(O)c2c(-c3ccc4cc(-c5ccc6oc7cc8ccccc8cc7c6c5)ccc4c3)c3c(O)c(O)c(O)c(O)c3c(-c3ccccc3)c2c1O.Oc1c(O)c(O)c2c(-c3cccc4oc5cc6ccccc6cc5c34)c3c(O)c(O)c(O)c(O)c3c(-c3ccc(-c4ccccc4)c(-c4ccccc4)c3)c2c1O. The van der Waals surface area contributed by atoms with Crippen molar-refractivity contribution in [2.75, 3.05) is 0 Å². The summed E-state index contributed by atoms with van der Waals surface area (Å²) in [6, 6.07) is 79.0. The first-order valence-corrected chi connectivity index (χ1v) is 35.3. The summed E-state index contributed by atoms with van der Waals surface area (Å²) in [4.78, 5) is 0. The molecular formula is C94H58O18. The van der Waals surface area contributed by atoms with Gasteiger partial charge in [-0.2, -0.15) is 0 Å². The highest BCUT2D eigenvalue weighted by Gasteiger charge is 2.36. The van der Waals surface area contributed by atoms with Gasteiger partial charge in [0.25, 0.3) is 0 Å². The third-order valence-corrected chi connectivity index (χ3v) is 21.6. The lowest BCUT2D eigenvalue weighted by molar-refractivity contribution is 0.350. The summed E-state index contributed by atoms with van der Waals surface area (Å²) in [6.45, 7) is 0. The lowest BCUT2D eigenvalue weighted by atomic mass is 9.81. The van der Waals surface area contributed by atoms with Crippen LogP contribution in [0.1, 0.15) is 0 Å². The zero-order valence-electron chi connectivity index (χ0n) is 58.2. The molecular weight excluding hydrogens is 1420 g/mol. The molecule has 20 rings (SSSR count). The smallest absolute Gasteiger partial charge is 0.204 e. The van der Waals surface area contributed by atoms with Gasteiger partial charge in [0, 0.05) is 86.9 Å². The first-order valence-electron chi connectivity index (χ1n) is 35.3. The molecule has 0 aliphatic carbocycles. The van der Waals surface area contributed by atoms with E-state index < -0.39 is 92.0 Å².